The minimum Gasteiger partial charge on any atom is -0.325 e. The highest BCUT2D eigenvalue weighted by Crippen LogP contribution is 2.32. The lowest BCUT2D eigenvalue weighted by atomic mass is 10.1. The van der Waals surface area contributed by atoms with Crippen molar-refractivity contribution in [1.82, 2.24) is 4.98 Å². The Balaban J connectivity index is 1.40. The van der Waals surface area contributed by atoms with Crippen molar-refractivity contribution in [3.63, 3.8) is 0 Å². The maximum atomic E-state index is 12.5. The average molecular weight is 541 g/mol. The van der Waals surface area contributed by atoms with Crippen LogP contribution in [0.25, 0.3) is 10.2 Å². The van der Waals surface area contributed by atoms with Gasteiger partial charge in [0, 0.05) is 21.4 Å². The zero-order valence-electron chi connectivity index (χ0n) is 18.4. The molecular formula is C25H22BrN3O2S2. The summed E-state index contributed by atoms with van der Waals surface area (Å²) in [6, 6.07) is 17.0. The van der Waals surface area contributed by atoms with E-state index in [1.54, 1.807) is 12.1 Å². The molecule has 0 radical (unpaired) electrons. The largest absolute Gasteiger partial charge is 0.325 e. The Labute approximate surface area is 209 Å². The van der Waals surface area contributed by atoms with Gasteiger partial charge >= 0.3 is 0 Å². The summed E-state index contributed by atoms with van der Waals surface area (Å²) in [6.45, 7) is 6.05. The number of halogens is 1. The van der Waals surface area contributed by atoms with E-state index in [2.05, 4.69) is 43.7 Å². The summed E-state index contributed by atoms with van der Waals surface area (Å²) in [5.41, 5.74) is 6.31. The summed E-state index contributed by atoms with van der Waals surface area (Å²) < 4.78 is 2.69. The highest BCUT2D eigenvalue weighted by atomic mass is 79.9. The molecule has 1 heterocycles. The van der Waals surface area contributed by atoms with Crippen LogP contribution in [-0.2, 0) is 4.79 Å². The number of nitrogens with one attached hydrogen (secondary N) is 2. The first-order chi connectivity index (χ1) is 15.8. The number of benzene rings is 3. The zero-order valence-corrected chi connectivity index (χ0v) is 21.6. The highest BCUT2D eigenvalue weighted by Gasteiger charge is 2.12. The number of carbonyl (C=O) groups excluding carboxylic acids is 2. The summed E-state index contributed by atoms with van der Waals surface area (Å²) in [5.74, 6) is 0.0517. The van der Waals surface area contributed by atoms with Crippen molar-refractivity contribution < 1.29 is 9.59 Å². The molecule has 168 valence electrons. The van der Waals surface area contributed by atoms with Crippen LogP contribution in [0, 0.1) is 20.8 Å². The van der Waals surface area contributed by atoms with E-state index >= 15 is 0 Å². The molecule has 8 heteroatoms. The third kappa shape index (κ3) is 5.82. The van der Waals surface area contributed by atoms with Crippen LogP contribution in [0.1, 0.15) is 27.0 Å². The lowest BCUT2D eigenvalue weighted by Crippen LogP contribution is -2.15. The monoisotopic (exact) mass is 539 g/mol. The van der Waals surface area contributed by atoms with Gasteiger partial charge in [-0.1, -0.05) is 45.4 Å². The first kappa shape index (κ1) is 23.5. The second-order valence-electron chi connectivity index (χ2n) is 7.73. The van der Waals surface area contributed by atoms with Gasteiger partial charge in [0.2, 0.25) is 5.91 Å². The number of anilines is 2. The zero-order chi connectivity index (χ0) is 23.5. The van der Waals surface area contributed by atoms with E-state index in [0.717, 1.165) is 35.8 Å². The van der Waals surface area contributed by atoms with Crippen LogP contribution in [0.4, 0.5) is 11.4 Å². The van der Waals surface area contributed by atoms with Gasteiger partial charge in [-0.25, -0.2) is 4.98 Å². The normalized spacial score (nSPS) is 10.9. The molecule has 2 N–H and O–H groups in total. The number of hydrogen-bond donors (Lipinski definition) is 2. The molecule has 0 spiro atoms. The first-order valence-corrected chi connectivity index (χ1v) is 12.9. The molecule has 0 bridgehead atoms. The summed E-state index contributed by atoms with van der Waals surface area (Å²) in [4.78, 5) is 29.6. The molecule has 33 heavy (non-hydrogen) atoms. The predicted octanol–water partition coefficient (Wildman–Crippen LogP) is 6.97. The molecular weight excluding hydrogens is 518 g/mol. The number of amides is 2. The van der Waals surface area contributed by atoms with Crippen LogP contribution in [0.5, 0.6) is 0 Å². The van der Waals surface area contributed by atoms with Crippen LogP contribution < -0.4 is 10.6 Å². The van der Waals surface area contributed by atoms with Gasteiger partial charge in [-0.05, 0) is 74.4 Å². The van der Waals surface area contributed by atoms with E-state index in [0.29, 0.717) is 11.3 Å². The summed E-state index contributed by atoms with van der Waals surface area (Å²) in [7, 11) is 0. The van der Waals surface area contributed by atoms with Crippen molar-refractivity contribution in [3.05, 3.63) is 81.3 Å². The van der Waals surface area contributed by atoms with E-state index in [1.807, 2.05) is 51.1 Å². The quantitative estimate of drug-likeness (QED) is 0.259. The van der Waals surface area contributed by atoms with E-state index < -0.39 is 0 Å². The highest BCUT2D eigenvalue weighted by molar-refractivity contribution is 9.10. The minimum absolute atomic E-state index is 0.0586. The van der Waals surface area contributed by atoms with Gasteiger partial charge in [-0.3, -0.25) is 9.59 Å². The average Bonchev–Trinajstić information content (AvgIpc) is 3.17. The van der Waals surface area contributed by atoms with Gasteiger partial charge in [0.15, 0.2) is 4.34 Å². The van der Waals surface area contributed by atoms with Crippen molar-refractivity contribution in [2.24, 2.45) is 0 Å². The number of fused-ring (bicyclic) bond motifs is 1. The van der Waals surface area contributed by atoms with Crippen molar-refractivity contribution in [2.75, 3.05) is 16.4 Å². The van der Waals surface area contributed by atoms with Gasteiger partial charge < -0.3 is 10.6 Å². The van der Waals surface area contributed by atoms with Gasteiger partial charge in [0.1, 0.15) is 0 Å². The molecule has 3 aromatic carbocycles. The van der Waals surface area contributed by atoms with E-state index in [4.69, 9.17) is 0 Å². The summed E-state index contributed by atoms with van der Waals surface area (Å²) in [5, 5.41) is 5.95. The molecule has 0 saturated carbocycles. The maximum Gasteiger partial charge on any atom is 0.255 e. The summed E-state index contributed by atoms with van der Waals surface area (Å²) >= 11 is 6.29. The fraction of sp³-hybridized carbons (Fsp3) is 0.160. The Bertz CT molecular complexity index is 1330. The number of hydrogen-bond acceptors (Lipinski definition) is 5. The number of carbonyl (C=O) groups is 2. The molecule has 0 atom stereocenters. The van der Waals surface area contributed by atoms with Crippen LogP contribution in [-0.4, -0.2) is 22.6 Å². The van der Waals surface area contributed by atoms with Crippen molar-refractivity contribution in [2.45, 2.75) is 25.1 Å². The molecule has 0 aliphatic carbocycles. The maximum absolute atomic E-state index is 12.5. The minimum atomic E-state index is -0.167. The second kappa shape index (κ2) is 10.1. The number of nitrogens with zero attached hydrogens (tertiary/aromatic N) is 1. The van der Waals surface area contributed by atoms with Crippen molar-refractivity contribution in [1.29, 1.82) is 0 Å². The Hall–Kier alpha value is -2.68. The Morgan fingerprint density at radius 2 is 1.67 bits per heavy atom. The number of rotatable bonds is 6. The van der Waals surface area contributed by atoms with Crippen molar-refractivity contribution in [3.8, 4) is 0 Å². The lowest BCUT2D eigenvalue weighted by Gasteiger charge is -2.12. The van der Waals surface area contributed by atoms with Crippen LogP contribution in [0.2, 0.25) is 0 Å². The molecule has 2 amide bonds. The molecule has 4 aromatic rings. The topological polar surface area (TPSA) is 71.1 Å². The molecule has 0 aliphatic heterocycles. The number of aromatic nitrogens is 1. The first-order valence-electron chi connectivity index (χ1n) is 10.3. The van der Waals surface area contributed by atoms with Crippen LogP contribution >= 0.6 is 39.0 Å². The third-order valence-corrected chi connectivity index (χ3v) is 7.69. The fourth-order valence-corrected chi connectivity index (χ4v) is 5.70. The van der Waals surface area contributed by atoms with Gasteiger partial charge in [0.05, 0.1) is 16.0 Å². The predicted molar refractivity (Wildman–Crippen MR) is 142 cm³/mol. The Morgan fingerprint density at radius 1 is 0.970 bits per heavy atom. The van der Waals surface area contributed by atoms with Crippen LogP contribution in [0.15, 0.2) is 63.4 Å². The second-order valence-corrected chi connectivity index (χ2v) is 10.9. The molecule has 1 aromatic heterocycles. The van der Waals surface area contributed by atoms with Gasteiger partial charge in [-0.15, -0.1) is 11.3 Å². The summed E-state index contributed by atoms with van der Waals surface area (Å²) in [6.07, 6.45) is 0. The van der Waals surface area contributed by atoms with Gasteiger partial charge in [-0.2, -0.15) is 0 Å². The number of thiazole rings is 1. The Morgan fingerprint density at radius 3 is 2.36 bits per heavy atom. The van der Waals surface area contributed by atoms with Crippen LogP contribution in [0.3, 0.4) is 0 Å². The molecule has 0 fully saturated rings. The number of aryl methyl sites for hydroxylation is 3. The third-order valence-electron chi connectivity index (χ3n) is 5.00. The van der Waals surface area contributed by atoms with Gasteiger partial charge in [0.25, 0.3) is 5.91 Å². The van der Waals surface area contributed by atoms with Crippen molar-refractivity contribution >= 4 is 72.4 Å². The SMILES string of the molecule is Cc1cc(C)c(NC(=O)CSc2nc3ccc(NC(=O)c4ccc(Br)cc4)cc3s2)c(C)c1. The molecule has 0 saturated heterocycles. The lowest BCUT2D eigenvalue weighted by molar-refractivity contribution is -0.113. The molecule has 5 nitrogen and oxygen atoms in total. The van der Waals surface area contributed by atoms with E-state index in [-0.39, 0.29) is 17.6 Å². The smallest absolute Gasteiger partial charge is 0.255 e. The molecule has 4 rings (SSSR count). The van der Waals surface area contributed by atoms with E-state index in [1.165, 1.54) is 28.7 Å². The molecule has 0 aliphatic rings. The number of thioether (sulfide) groups is 1. The Kier molecular flexibility index (Phi) is 7.17. The molecule has 0 unspecified atom stereocenters. The fourth-order valence-electron chi connectivity index (χ4n) is 3.53. The van der Waals surface area contributed by atoms with E-state index in [9.17, 15) is 9.59 Å². The standard InChI is InChI=1S/C25H22BrN3O2S2/c1-14-10-15(2)23(16(3)11-14)29-22(30)13-32-25-28-20-9-8-19(12-21(20)33-25)27-24(31)17-4-6-18(26)7-5-17/h4-12H,13H2,1-3H3,(H,27,31)(H,29,30).